The second-order valence-corrected chi connectivity index (χ2v) is 5.49. The molecule has 0 fully saturated rings. The molecule has 2 N–H and O–H groups in total. The van der Waals surface area contributed by atoms with E-state index in [4.69, 9.17) is 0 Å². The lowest BCUT2D eigenvalue weighted by Gasteiger charge is -2.20. The zero-order valence-electron chi connectivity index (χ0n) is 11.0. The maximum absolute atomic E-state index is 11.4. The Kier molecular flexibility index (Phi) is 4.35. The third kappa shape index (κ3) is 3.22. The van der Waals surface area contributed by atoms with E-state index in [9.17, 15) is 9.90 Å². The van der Waals surface area contributed by atoms with Gasteiger partial charge in [0.1, 0.15) is 6.04 Å². The highest BCUT2D eigenvalue weighted by Gasteiger charge is 2.22. The van der Waals surface area contributed by atoms with Crippen molar-refractivity contribution in [3.8, 4) is 0 Å². The standard InChI is InChI=1S/C15H17NO2S/c1-10-8-9-19-14(10)11(2)16-13(15(17)18)12-6-4-3-5-7-12/h3-9,11,13,16H,1-2H3,(H,17,18). The highest BCUT2D eigenvalue weighted by atomic mass is 32.1. The van der Waals surface area contributed by atoms with Crippen LogP contribution < -0.4 is 5.32 Å². The van der Waals surface area contributed by atoms with Crippen molar-refractivity contribution in [3.05, 3.63) is 57.8 Å². The van der Waals surface area contributed by atoms with Crippen LogP contribution in [-0.2, 0) is 4.79 Å². The maximum atomic E-state index is 11.4. The summed E-state index contributed by atoms with van der Waals surface area (Å²) in [5.74, 6) is -0.854. The average Bonchev–Trinajstić information content (AvgIpc) is 2.82. The van der Waals surface area contributed by atoms with Gasteiger partial charge in [0.15, 0.2) is 0 Å². The van der Waals surface area contributed by atoms with Crippen LogP contribution >= 0.6 is 11.3 Å². The molecule has 0 aliphatic carbocycles. The number of carboxylic acids is 1. The Morgan fingerprint density at radius 3 is 2.47 bits per heavy atom. The van der Waals surface area contributed by atoms with Gasteiger partial charge in [0.05, 0.1) is 0 Å². The molecule has 0 aliphatic heterocycles. The van der Waals surface area contributed by atoms with Crippen LogP contribution in [0.1, 0.15) is 35.0 Å². The average molecular weight is 275 g/mol. The Morgan fingerprint density at radius 1 is 1.26 bits per heavy atom. The number of hydrogen-bond donors (Lipinski definition) is 2. The van der Waals surface area contributed by atoms with Crippen molar-refractivity contribution in [2.24, 2.45) is 0 Å². The Hall–Kier alpha value is -1.65. The van der Waals surface area contributed by atoms with E-state index in [1.54, 1.807) is 11.3 Å². The normalized spacial score (nSPS) is 14.0. The molecular weight excluding hydrogens is 258 g/mol. The number of carbonyl (C=O) groups is 1. The first-order valence-electron chi connectivity index (χ1n) is 6.17. The minimum Gasteiger partial charge on any atom is -0.480 e. The number of thiophene rings is 1. The topological polar surface area (TPSA) is 49.3 Å². The Bertz CT molecular complexity index is 550. The van der Waals surface area contributed by atoms with E-state index in [2.05, 4.69) is 11.4 Å². The molecule has 0 bridgehead atoms. The summed E-state index contributed by atoms with van der Waals surface area (Å²) < 4.78 is 0. The Morgan fingerprint density at radius 2 is 1.95 bits per heavy atom. The minimum atomic E-state index is -0.854. The van der Waals surface area contributed by atoms with Crippen molar-refractivity contribution in [1.82, 2.24) is 5.32 Å². The van der Waals surface area contributed by atoms with Crippen LogP contribution in [-0.4, -0.2) is 11.1 Å². The van der Waals surface area contributed by atoms with E-state index in [1.165, 1.54) is 10.4 Å². The van der Waals surface area contributed by atoms with Gasteiger partial charge in [-0.3, -0.25) is 10.1 Å². The summed E-state index contributed by atoms with van der Waals surface area (Å²) in [5, 5.41) is 14.6. The zero-order valence-corrected chi connectivity index (χ0v) is 11.8. The number of nitrogens with one attached hydrogen (secondary N) is 1. The van der Waals surface area contributed by atoms with E-state index in [0.29, 0.717) is 0 Å². The lowest BCUT2D eigenvalue weighted by atomic mass is 10.1. The quantitative estimate of drug-likeness (QED) is 0.877. The summed E-state index contributed by atoms with van der Waals surface area (Å²) in [6.45, 7) is 4.04. The van der Waals surface area contributed by atoms with E-state index in [1.807, 2.05) is 49.6 Å². The van der Waals surface area contributed by atoms with Gasteiger partial charge in [-0.25, -0.2) is 0 Å². The fraction of sp³-hybridized carbons (Fsp3) is 0.267. The molecule has 2 rings (SSSR count). The van der Waals surface area contributed by atoms with Gasteiger partial charge in [-0.05, 0) is 36.4 Å². The van der Waals surface area contributed by atoms with Crippen molar-refractivity contribution in [2.45, 2.75) is 25.9 Å². The molecule has 1 aromatic carbocycles. The predicted octanol–water partition coefficient (Wildman–Crippen LogP) is 3.53. The van der Waals surface area contributed by atoms with Crippen molar-refractivity contribution in [1.29, 1.82) is 0 Å². The molecule has 100 valence electrons. The molecule has 2 atom stereocenters. The molecule has 0 radical (unpaired) electrons. The summed E-state index contributed by atoms with van der Waals surface area (Å²) in [5.41, 5.74) is 1.97. The van der Waals surface area contributed by atoms with Gasteiger partial charge in [0, 0.05) is 10.9 Å². The first kappa shape index (κ1) is 13.8. The van der Waals surface area contributed by atoms with Gasteiger partial charge in [0.2, 0.25) is 0 Å². The van der Waals surface area contributed by atoms with Crippen LogP contribution in [0.3, 0.4) is 0 Å². The monoisotopic (exact) mass is 275 g/mol. The fourth-order valence-electron chi connectivity index (χ4n) is 2.11. The number of carboxylic acid groups (broad SMARTS) is 1. The van der Waals surface area contributed by atoms with E-state index < -0.39 is 12.0 Å². The molecule has 2 unspecified atom stereocenters. The number of aryl methyl sites for hydroxylation is 1. The smallest absolute Gasteiger partial charge is 0.325 e. The maximum Gasteiger partial charge on any atom is 0.325 e. The van der Waals surface area contributed by atoms with Crippen LogP contribution in [0.4, 0.5) is 0 Å². The second-order valence-electron chi connectivity index (χ2n) is 4.54. The van der Waals surface area contributed by atoms with Crippen LogP contribution in [0.15, 0.2) is 41.8 Å². The highest BCUT2D eigenvalue weighted by molar-refractivity contribution is 7.10. The van der Waals surface area contributed by atoms with Crippen LogP contribution in [0.2, 0.25) is 0 Å². The summed E-state index contributed by atoms with van der Waals surface area (Å²) in [4.78, 5) is 12.6. The Balaban J connectivity index is 2.19. The van der Waals surface area contributed by atoms with E-state index in [-0.39, 0.29) is 6.04 Å². The van der Waals surface area contributed by atoms with E-state index in [0.717, 1.165) is 5.56 Å². The molecule has 3 nitrogen and oxygen atoms in total. The van der Waals surface area contributed by atoms with Gasteiger partial charge in [-0.2, -0.15) is 0 Å². The summed E-state index contributed by atoms with van der Waals surface area (Å²) in [6, 6.07) is 10.6. The van der Waals surface area contributed by atoms with Crippen molar-refractivity contribution in [3.63, 3.8) is 0 Å². The SMILES string of the molecule is Cc1ccsc1C(C)NC(C(=O)O)c1ccccc1. The van der Waals surface area contributed by atoms with Gasteiger partial charge >= 0.3 is 5.97 Å². The van der Waals surface area contributed by atoms with Crippen LogP contribution in [0, 0.1) is 6.92 Å². The number of rotatable bonds is 5. The van der Waals surface area contributed by atoms with Gasteiger partial charge in [-0.1, -0.05) is 30.3 Å². The fourth-order valence-corrected chi connectivity index (χ4v) is 3.05. The van der Waals surface area contributed by atoms with Crippen molar-refractivity contribution >= 4 is 17.3 Å². The summed E-state index contributed by atoms with van der Waals surface area (Å²) in [7, 11) is 0. The first-order chi connectivity index (χ1) is 9.09. The predicted molar refractivity (Wildman–Crippen MR) is 77.4 cm³/mol. The largest absolute Gasteiger partial charge is 0.480 e. The third-order valence-corrected chi connectivity index (χ3v) is 4.29. The molecule has 0 amide bonds. The number of aliphatic carboxylic acids is 1. The number of benzene rings is 1. The summed E-state index contributed by atoms with van der Waals surface area (Å²) in [6.07, 6.45) is 0. The van der Waals surface area contributed by atoms with Crippen LogP contribution in [0.25, 0.3) is 0 Å². The minimum absolute atomic E-state index is 0.0151. The second kappa shape index (κ2) is 5.99. The number of hydrogen-bond acceptors (Lipinski definition) is 3. The molecule has 0 aliphatic rings. The molecule has 19 heavy (non-hydrogen) atoms. The molecular formula is C15H17NO2S. The third-order valence-electron chi connectivity index (χ3n) is 3.09. The molecule has 4 heteroatoms. The molecule has 1 heterocycles. The zero-order chi connectivity index (χ0) is 13.8. The van der Waals surface area contributed by atoms with Gasteiger partial charge in [0.25, 0.3) is 0 Å². The molecule has 1 aromatic heterocycles. The van der Waals surface area contributed by atoms with Crippen LogP contribution in [0.5, 0.6) is 0 Å². The van der Waals surface area contributed by atoms with E-state index >= 15 is 0 Å². The van der Waals surface area contributed by atoms with Crippen molar-refractivity contribution < 1.29 is 9.90 Å². The molecule has 0 saturated heterocycles. The first-order valence-corrected chi connectivity index (χ1v) is 7.05. The highest BCUT2D eigenvalue weighted by Crippen LogP contribution is 2.26. The van der Waals surface area contributed by atoms with Gasteiger partial charge in [-0.15, -0.1) is 11.3 Å². The van der Waals surface area contributed by atoms with Gasteiger partial charge < -0.3 is 5.11 Å². The Labute approximate surface area is 116 Å². The molecule has 0 spiro atoms. The molecule has 0 saturated carbocycles. The van der Waals surface area contributed by atoms with Crippen molar-refractivity contribution in [2.75, 3.05) is 0 Å². The summed E-state index contributed by atoms with van der Waals surface area (Å²) >= 11 is 1.65. The molecule has 2 aromatic rings. The lowest BCUT2D eigenvalue weighted by molar-refractivity contribution is -0.139. The lowest BCUT2D eigenvalue weighted by Crippen LogP contribution is -2.30.